The summed E-state index contributed by atoms with van der Waals surface area (Å²) in [5.41, 5.74) is 4.03. The maximum Gasteiger partial charge on any atom is 0.211 e. The first-order chi connectivity index (χ1) is 9.86. The smallest absolute Gasteiger partial charge is 0.211 e. The van der Waals surface area contributed by atoms with Crippen LogP contribution in [-0.4, -0.2) is 19.6 Å². The molecule has 1 N–H and O–H groups in total. The van der Waals surface area contributed by atoms with Crippen LogP contribution in [0.2, 0.25) is 0 Å². The molecular weight excluding hydrogens is 254 g/mol. The molecule has 1 aliphatic heterocycles. The van der Waals surface area contributed by atoms with Gasteiger partial charge in [0.1, 0.15) is 0 Å². The molecule has 4 nitrogen and oxygen atoms in total. The number of amides is 1. The van der Waals surface area contributed by atoms with E-state index in [2.05, 4.69) is 5.32 Å². The molecule has 3 rings (SSSR count). The molecule has 0 unspecified atom stereocenters. The molecule has 1 fully saturated rings. The maximum absolute atomic E-state index is 10.4. The molecule has 0 aliphatic carbocycles. The van der Waals surface area contributed by atoms with Gasteiger partial charge in [-0.3, -0.25) is 4.79 Å². The van der Waals surface area contributed by atoms with Gasteiger partial charge in [0.05, 0.1) is 13.2 Å². The number of benzene rings is 2. The molecule has 1 aliphatic rings. The topological polar surface area (TPSA) is 47.6 Å². The second-order valence-electron chi connectivity index (χ2n) is 4.54. The fraction of sp³-hybridized carbons (Fsp3) is 0.188. The lowest BCUT2D eigenvalue weighted by Gasteiger charge is -2.10. The van der Waals surface area contributed by atoms with E-state index in [0.29, 0.717) is 19.6 Å². The van der Waals surface area contributed by atoms with Gasteiger partial charge in [0.2, 0.25) is 6.41 Å². The van der Waals surface area contributed by atoms with Gasteiger partial charge in [-0.25, -0.2) is 0 Å². The van der Waals surface area contributed by atoms with Crippen molar-refractivity contribution in [3.63, 3.8) is 0 Å². The van der Waals surface area contributed by atoms with Gasteiger partial charge in [-0.1, -0.05) is 36.4 Å². The van der Waals surface area contributed by atoms with Crippen LogP contribution in [-0.2, 0) is 14.3 Å². The Kier molecular flexibility index (Phi) is 3.76. The third-order valence-corrected chi connectivity index (χ3v) is 3.25. The standard InChI is InChI=1S/C16H15NO3/c18-11-17-15-7-5-13(6-8-15)12-1-3-14(4-2-12)16-19-9-10-20-16/h1-8,11,16H,9-10H2,(H,17,18). The van der Waals surface area contributed by atoms with Crippen LogP contribution in [0.15, 0.2) is 48.5 Å². The fourth-order valence-corrected chi connectivity index (χ4v) is 2.21. The SMILES string of the molecule is O=CNc1ccc(-c2ccc(C3OCCO3)cc2)cc1. The number of ether oxygens (including phenoxy) is 2. The molecule has 0 radical (unpaired) electrons. The van der Waals surface area contributed by atoms with Crippen LogP contribution < -0.4 is 5.32 Å². The van der Waals surface area contributed by atoms with Crippen LogP contribution in [0.1, 0.15) is 11.9 Å². The largest absolute Gasteiger partial charge is 0.346 e. The van der Waals surface area contributed by atoms with Crippen molar-refractivity contribution >= 4 is 12.1 Å². The molecular formula is C16H15NO3. The van der Waals surface area contributed by atoms with Crippen molar-refractivity contribution in [2.24, 2.45) is 0 Å². The summed E-state index contributed by atoms with van der Waals surface area (Å²) < 4.78 is 10.9. The van der Waals surface area contributed by atoms with Gasteiger partial charge >= 0.3 is 0 Å². The van der Waals surface area contributed by atoms with Crippen LogP contribution in [0, 0.1) is 0 Å². The molecule has 0 atom stereocenters. The number of hydrogen-bond acceptors (Lipinski definition) is 3. The summed E-state index contributed by atoms with van der Waals surface area (Å²) in [5, 5.41) is 2.62. The van der Waals surface area contributed by atoms with Crippen molar-refractivity contribution in [1.82, 2.24) is 0 Å². The predicted octanol–water partition coefficient (Wildman–Crippen LogP) is 2.97. The zero-order chi connectivity index (χ0) is 13.8. The van der Waals surface area contributed by atoms with E-state index < -0.39 is 0 Å². The van der Waals surface area contributed by atoms with Gasteiger partial charge < -0.3 is 14.8 Å². The molecule has 1 saturated heterocycles. The van der Waals surface area contributed by atoms with Crippen molar-refractivity contribution in [2.75, 3.05) is 18.5 Å². The Morgan fingerprint density at radius 3 is 2.00 bits per heavy atom. The Balaban J connectivity index is 1.77. The molecule has 2 aromatic rings. The Morgan fingerprint density at radius 2 is 1.45 bits per heavy atom. The van der Waals surface area contributed by atoms with Crippen molar-refractivity contribution in [1.29, 1.82) is 0 Å². The lowest BCUT2D eigenvalue weighted by molar-refractivity contribution is -0.105. The summed E-state index contributed by atoms with van der Waals surface area (Å²) in [6.07, 6.45) is 0.439. The zero-order valence-corrected chi connectivity index (χ0v) is 10.9. The normalized spacial score (nSPS) is 15.2. The summed E-state index contributed by atoms with van der Waals surface area (Å²) in [7, 11) is 0. The number of nitrogens with one attached hydrogen (secondary N) is 1. The highest BCUT2D eigenvalue weighted by molar-refractivity contribution is 5.73. The highest BCUT2D eigenvalue weighted by Gasteiger charge is 2.17. The van der Waals surface area contributed by atoms with Crippen LogP contribution in [0.3, 0.4) is 0 Å². The highest BCUT2D eigenvalue weighted by Crippen LogP contribution is 2.27. The van der Waals surface area contributed by atoms with E-state index in [1.54, 1.807) is 0 Å². The number of carbonyl (C=O) groups excluding carboxylic acids is 1. The summed E-state index contributed by atoms with van der Waals surface area (Å²) >= 11 is 0. The Labute approximate surface area is 117 Å². The lowest BCUT2D eigenvalue weighted by atomic mass is 10.0. The number of anilines is 1. The number of carbonyl (C=O) groups is 1. The maximum atomic E-state index is 10.4. The fourth-order valence-electron chi connectivity index (χ4n) is 2.21. The van der Waals surface area contributed by atoms with Crippen molar-refractivity contribution < 1.29 is 14.3 Å². The molecule has 1 heterocycles. The van der Waals surface area contributed by atoms with E-state index in [1.165, 1.54) is 0 Å². The van der Waals surface area contributed by atoms with Gasteiger partial charge in [-0.15, -0.1) is 0 Å². The molecule has 20 heavy (non-hydrogen) atoms. The summed E-state index contributed by atoms with van der Waals surface area (Å²) in [6.45, 7) is 1.30. The van der Waals surface area contributed by atoms with Gasteiger partial charge in [0.15, 0.2) is 6.29 Å². The average Bonchev–Trinajstić information content (AvgIpc) is 3.03. The second kappa shape index (κ2) is 5.86. The van der Waals surface area contributed by atoms with Gasteiger partial charge in [-0.2, -0.15) is 0 Å². The molecule has 0 aromatic heterocycles. The molecule has 0 spiro atoms. The predicted molar refractivity (Wildman–Crippen MR) is 76.2 cm³/mol. The first-order valence-electron chi connectivity index (χ1n) is 6.50. The first-order valence-corrected chi connectivity index (χ1v) is 6.50. The van der Waals surface area contributed by atoms with E-state index in [9.17, 15) is 4.79 Å². The van der Waals surface area contributed by atoms with E-state index in [0.717, 1.165) is 22.4 Å². The highest BCUT2D eigenvalue weighted by atomic mass is 16.7. The lowest BCUT2D eigenvalue weighted by Crippen LogP contribution is -1.97. The monoisotopic (exact) mass is 269 g/mol. The molecule has 2 aromatic carbocycles. The number of hydrogen-bond donors (Lipinski definition) is 1. The van der Waals surface area contributed by atoms with Crippen molar-refractivity contribution in [3.8, 4) is 11.1 Å². The minimum Gasteiger partial charge on any atom is -0.346 e. The molecule has 0 bridgehead atoms. The first kappa shape index (κ1) is 12.8. The van der Waals surface area contributed by atoms with Crippen LogP contribution in [0.25, 0.3) is 11.1 Å². The Hall–Kier alpha value is -2.17. The minimum absolute atomic E-state index is 0.233. The summed E-state index contributed by atoms with van der Waals surface area (Å²) in [4.78, 5) is 10.4. The third-order valence-electron chi connectivity index (χ3n) is 3.25. The van der Waals surface area contributed by atoms with E-state index >= 15 is 0 Å². The quantitative estimate of drug-likeness (QED) is 0.868. The Bertz CT molecular complexity index is 572. The van der Waals surface area contributed by atoms with Gasteiger partial charge in [-0.05, 0) is 23.3 Å². The average molecular weight is 269 g/mol. The van der Waals surface area contributed by atoms with E-state index in [1.807, 2.05) is 48.5 Å². The zero-order valence-electron chi connectivity index (χ0n) is 10.9. The molecule has 0 saturated carbocycles. The van der Waals surface area contributed by atoms with Crippen LogP contribution >= 0.6 is 0 Å². The van der Waals surface area contributed by atoms with E-state index in [4.69, 9.17) is 9.47 Å². The Morgan fingerprint density at radius 1 is 0.900 bits per heavy atom. The van der Waals surface area contributed by atoms with Gasteiger partial charge in [0.25, 0.3) is 0 Å². The van der Waals surface area contributed by atoms with Crippen LogP contribution in [0.4, 0.5) is 5.69 Å². The summed E-state index contributed by atoms with van der Waals surface area (Å²) in [6, 6.07) is 15.8. The second-order valence-corrected chi connectivity index (χ2v) is 4.54. The summed E-state index contributed by atoms with van der Waals surface area (Å²) in [5.74, 6) is 0. The number of rotatable bonds is 4. The van der Waals surface area contributed by atoms with Crippen LogP contribution in [0.5, 0.6) is 0 Å². The van der Waals surface area contributed by atoms with Gasteiger partial charge in [0, 0.05) is 11.3 Å². The molecule has 4 heteroatoms. The molecule has 102 valence electrons. The minimum atomic E-state index is -0.233. The van der Waals surface area contributed by atoms with Crippen molar-refractivity contribution in [2.45, 2.75) is 6.29 Å². The van der Waals surface area contributed by atoms with E-state index in [-0.39, 0.29) is 6.29 Å². The third kappa shape index (κ3) is 2.71. The molecule has 1 amide bonds. The van der Waals surface area contributed by atoms with Crippen molar-refractivity contribution in [3.05, 3.63) is 54.1 Å².